The zero-order valence-corrected chi connectivity index (χ0v) is 27.7. The van der Waals surface area contributed by atoms with Crippen LogP contribution >= 0.6 is 0 Å². The minimum atomic E-state index is -4.75. The molecule has 0 bridgehead atoms. The molecule has 1 aliphatic heterocycles. The quantitative estimate of drug-likeness (QED) is 0.127. The Hall–Kier alpha value is -5.51. The van der Waals surface area contributed by atoms with Crippen molar-refractivity contribution in [1.82, 2.24) is 9.88 Å². The molecule has 1 amide bonds. The lowest BCUT2D eigenvalue weighted by molar-refractivity contribution is -0.137. The van der Waals surface area contributed by atoms with Crippen molar-refractivity contribution in [1.29, 1.82) is 5.26 Å². The van der Waals surface area contributed by atoms with Crippen LogP contribution in [0, 0.1) is 25.2 Å². The van der Waals surface area contributed by atoms with Crippen molar-refractivity contribution in [3.8, 4) is 28.7 Å². The van der Waals surface area contributed by atoms with Gasteiger partial charge in [0.2, 0.25) is 0 Å². The number of amides is 1. The van der Waals surface area contributed by atoms with E-state index in [1.54, 1.807) is 48.7 Å². The molecule has 1 aromatic heterocycles. The number of hydrogen-bond donors (Lipinski definition) is 2. The van der Waals surface area contributed by atoms with Gasteiger partial charge in [-0.25, -0.2) is 0 Å². The van der Waals surface area contributed by atoms with Crippen LogP contribution in [0.25, 0.3) is 23.3 Å². The number of benzene rings is 3. The highest BCUT2D eigenvalue weighted by atomic mass is 19.4. The molecule has 1 atom stereocenters. The number of carbonyl (C=O) groups excluding carboxylic acids is 2. The summed E-state index contributed by atoms with van der Waals surface area (Å²) in [6.45, 7) is 5.14. The lowest BCUT2D eigenvalue weighted by atomic mass is 9.92. The molecule has 0 spiro atoms. The van der Waals surface area contributed by atoms with Gasteiger partial charge in [0, 0.05) is 43.1 Å². The fourth-order valence-electron chi connectivity index (χ4n) is 5.97. The third-order valence-electron chi connectivity index (χ3n) is 8.63. The van der Waals surface area contributed by atoms with Crippen molar-refractivity contribution in [2.75, 3.05) is 32.1 Å². The molecule has 1 saturated heterocycles. The zero-order valence-electron chi connectivity index (χ0n) is 27.7. The number of aromatic nitrogens is 1. The van der Waals surface area contributed by atoms with Crippen LogP contribution < -0.4 is 14.8 Å². The van der Waals surface area contributed by atoms with E-state index < -0.39 is 24.3 Å². The van der Waals surface area contributed by atoms with Crippen molar-refractivity contribution < 1.29 is 37.3 Å². The molecule has 0 aliphatic carbocycles. The number of alkyl halides is 3. The van der Waals surface area contributed by atoms with Gasteiger partial charge in [0.05, 0.1) is 24.3 Å². The number of nitriles is 1. The Bertz CT molecular complexity index is 1990. The summed E-state index contributed by atoms with van der Waals surface area (Å²) >= 11 is 0. The Kier molecular flexibility index (Phi) is 11.0. The molecule has 4 aromatic rings. The second-order valence-electron chi connectivity index (χ2n) is 11.9. The van der Waals surface area contributed by atoms with Crippen molar-refractivity contribution in [3.63, 3.8) is 0 Å². The van der Waals surface area contributed by atoms with Crippen LogP contribution in [0.4, 0.5) is 18.9 Å². The minimum absolute atomic E-state index is 0.124. The van der Waals surface area contributed by atoms with Gasteiger partial charge in [-0.15, -0.1) is 0 Å². The molecule has 12 heteroatoms. The van der Waals surface area contributed by atoms with Crippen molar-refractivity contribution in [3.05, 3.63) is 105 Å². The Balaban J connectivity index is 1.41. The highest BCUT2D eigenvalue weighted by Gasteiger charge is 2.34. The molecular weight excluding hydrogens is 649 g/mol. The second-order valence-corrected chi connectivity index (χ2v) is 11.9. The van der Waals surface area contributed by atoms with Gasteiger partial charge in [-0.1, -0.05) is 42.5 Å². The van der Waals surface area contributed by atoms with Crippen LogP contribution in [0.2, 0.25) is 0 Å². The second kappa shape index (κ2) is 15.4. The number of aldehydes is 1. The molecule has 3 aromatic carbocycles. The average molecular weight is 685 g/mol. The fraction of sp³-hybridized carbons (Fsp3) is 0.263. The molecule has 0 radical (unpaired) electrons. The number of hydrogen-bond acceptors (Lipinski definition) is 8. The third-order valence-corrected chi connectivity index (χ3v) is 8.63. The number of carbonyl (C=O) groups is 2. The molecule has 2 heterocycles. The number of aliphatic hydroxyl groups is 1. The number of halogens is 3. The number of rotatable bonds is 11. The number of β-amino-alcohol motifs (C(OH)–C–C–N with tert-alkyl or cyclic N) is 1. The molecule has 9 nitrogen and oxygen atoms in total. The summed E-state index contributed by atoms with van der Waals surface area (Å²) in [5, 5.41) is 21.7. The number of ether oxygens (including phenoxy) is 2. The van der Waals surface area contributed by atoms with Crippen LogP contribution in [0.5, 0.6) is 11.5 Å². The third kappa shape index (κ3) is 8.02. The largest absolute Gasteiger partial charge is 0.496 e. The maximum atomic E-state index is 14.0. The topological polar surface area (TPSA) is 125 Å². The molecule has 2 N–H and O–H groups in total. The highest BCUT2D eigenvalue weighted by Crippen LogP contribution is 2.38. The molecule has 5 rings (SSSR count). The van der Waals surface area contributed by atoms with E-state index in [-0.39, 0.29) is 35.0 Å². The molecule has 1 aliphatic rings. The van der Waals surface area contributed by atoms with E-state index in [1.165, 1.54) is 13.2 Å². The maximum absolute atomic E-state index is 14.0. The van der Waals surface area contributed by atoms with E-state index in [1.807, 2.05) is 26.0 Å². The van der Waals surface area contributed by atoms with E-state index in [4.69, 9.17) is 14.7 Å². The zero-order chi connectivity index (χ0) is 36.0. The molecular formula is C38H35F3N4O5. The smallest absolute Gasteiger partial charge is 0.417 e. The Morgan fingerprint density at radius 2 is 1.78 bits per heavy atom. The van der Waals surface area contributed by atoms with Crippen molar-refractivity contribution in [2.24, 2.45) is 0 Å². The van der Waals surface area contributed by atoms with Crippen LogP contribution in [0.15, 0.2) is 60.8 Å². The maximum Gasteiger partial charge on any atom is 0.417 e. The standard InChI is InChI=1S/C38H35F3N4O5/c1-23-25(10-11-26-17-36(50-15-13-42)27(22-46)16-32(26)38(39,40)41)6-4-7-30(23)31-8-5-9-33(24(31)2)44-37(48)34-18-35(49-3)28(19-43-34)20-45-14-12-29(47)21-45/h4-11,16-19,22,29,47H,12,14-15,20-21H2,1-3H3,(H,44,48)/b11-10+/t29-/m1/s1. The Morgan fingerprint density at radius 1 is 1.06 bits per heavy atom. The van der Waals surface area contributed by atoms with Gasteiger partial charge in [-0.05, 0) is 71.8 Å². The number of likely N-dealkylation sites (tertiary alicyclic amines) is 1. The number of aliphatic hydroxyl groups excluding tert-OH is 1. The van der Waals surface area contributed by atoms with Crippen LogP contribution in [0.1, 0.15) is 60.6 Å². The summed E-state index contributed by atoms with van der Waals surface area (Å²) in [6.07, 6.45) is 0.321. The molecule has 0 unspecified atom stereocenters. The molecule has 258 valence electrons. The van der Waals surface area contributed by atoms with Gasteiger partial charge in [-0.3, -0.25) is 19.5 Å². The van der Waals surface area contributed by atoms with Crippen molar-refractivity contribution in [2.45, 2.75) is 39.1 Å². The van der Waals surface area contributed by atoms with E-state index in [2.05, 4.69) is 15.2 Å². The first-order valence-corrected chi connectivity index (χ1v) is 15.8. The lowest BCUT2D eigenvalue weighted by Crippen LogP contribution is -2.22. The normalized spacial score (nSPS) is 14.8. The SMILES string of the molecule is COc1cc(C(=O)Nc2cccc(-c3cccc(/C=C/c4cc(OCC#N)c(C=O)cc4C(F)(F)F)c3C)c2C)ncc1CN1CC[C@@H](O)C1. The van der Waals surface area contributed by atoms with Crippen molar-refractivity contribution >= 4 is 30.0 Å². The number of methoxy groups -OCH3 is 1. The summed E-state index contributed by atoms with van der Waals surface area (Å²) in [5.41, 5.74) is 3.78. The summed E-state index contributed by atoms with van der Waals surface area (Å²) in [6, 6.07) is 16.1. The monoisotopic (exact) mass is 684 g/mol. The number of pyridine rings is 1. The predicted molar refractivity (Wildman–Crippen MR) is 183 cm³/mol. The van der Waals surface area contributed by atoms with Crippen LogP contribution in [-0.2, 0) is 12.7 Å². The summed E-state index contributed by atoms with van der Waals surface area (Å²) in [4.78, 5) is 31.3. The number of anilines is 1. The van der Waals surface area contributed by atoms with Gasteiger partial charge < -0.3 is 19.9 Å². The highest BCUT2D eigenvalue weighted by molar-refractivity contribution is 6.04. The van der Waals surface area contributed by atoms with Gasteiger partial charge in [0.15, 0.2) is 12.9 Å². The van der Waals surface area contributed by atoms with Crippen LogP contribution in [0.3, 0.4) is 0 Å². The fourth-order valence-corrected chi connectivity index (χ4v) is 5.97. The van der Waals surface area contributed by atoms with Gasteiger partial charge >= 0.3 is 6.18 Å². The van der Waals surface area contributed by atoms with E-state index in [9.17, 15) is 27.9 Å². The Morgan fingerprint density at radius 3 is 2.44 bits per heavy atom. The predicted octanol–water partition coefficient (Wildman–Crippen LogP) is 7.10. The number of nitrogens with one attached hydrogen (secondary N) is 1. The number of nitrogens with zero attached hydrogens (tertiary/aromatic N) is 3. The first kappa shape index (κ1) is 35.8. The first-order chi connectivity index (χ1) is 23.9. The van der Waals surface area contributed by atoms with Gasteiger partial charge in [0.25, 0.3) is 5.91 Å². The van der Waals surface area contributed by atoms with Gasteiger partial charge in [-0.2, -0.15) is 18.4 Å². The molecule has 1 fully saturated rings. The van der Waals surface area contributed by atoms with E-state index in [0.29, 0.717) is 42.6 Å². The summed E-state index contributed by atoms with van der Waals surface area (Å²) in [7, 11) is 1.53. The lowest BCUT2D eigenvalue weighted by Gasteiger charge is -2.18. The van der Waals surface area contributed by atoms with Crippen LogP contribution in [-0.4, -0.2) is 60.1 Å². The van der Waals surface area contributed by atoms with Gasteiger partial charge in [0.1, 0.15) is 23.3 Å². The van der Waals surface area contributed by atoms with E-state index in [0.717, 1.165) is 40.4 Å². The first-order valence-electron chi connectivity index (χ1n) is 15.8. The summed E-state index contributed by atoms with van der Waals surface area (Å²) < 4.78 is 52.7. The molecule has 0 saturated carbocycles. The van der Waals surface area contributed by atoms with E-state index >= 15 is 0 Å². The average Bonchev–Trinajstić information content (AvgIpc) is 3.51. The summed E-state index contributed by atoms with van der Waals surface area (Å²) in [5.74, 6) is -0.0358. The minimum Gasteiger partial charge on any atom is -0.496 e. The molecule has 50 heavy (non-hydrogen) atoms. The Labute approximate surface area is 287 Å².